The number of rotatable bonds is 1. The topological polar surface area (TPSA) is 50.5 Å². The van der Waals surface area contributed by atoms with Gasteiger partial charge in [0.15, 0.2) is 0 Å². The third-order valence-electron chi connectivity index (χ3n) is 3.92. The smallest absolute Gasteiger partial charge is 0.416 e. The van der Waals surface area contributed by atoms with Crippen molar-refractivity contribution in [3.05, 3.63) is 52.0 Å². The van der Waals surface area contributed by atoms with E-state index < -0.39 is 41.0 Å². The first-order valence-electron chi connectivity index (χ1n) is 7.10. The van der Waals surface area contributed by atoms with Gasteiger partial charge in [0, 0.05) is 0 Å². The van der Waals surface area contributed by atoms with Crippen molar-refractivity contribution in [1.29, 1.82) is 0 Å². The average Bonchev–Trinajstić information content (AvgIpc) is 2.93. The van der Waals surface area contributed by atoms with Crippen molar-refractivity contribution in [1.82, 2.24) is 0 Å². The van der Waals surface area contributed by atoms with Crippen molar-refractivity contribution in [3.8, 4) is 0 Å². The Kier molecular flexibility index (Phi) is 3.71. The van der Waals surface area contributed by atoms with Crippen LogP contribution in [0, 0.1) is 13.8 Å². The summed E-state index contributed by atoms with van der Waals surface area (Å²) in [6, 6.07) is 0.588. The van der Waals surface area contributed by atoms with Crippen LogP contribution in [0.1, 0.15) is 43.4 Å². The number of aryl methyl sites for hydroxylation is 2. The summed E-state index contributed by atoms with van der Waals surface area (Å²) >= 11 is 0. The fraction of sp³-hybridized carbons (Fsp3) is 0.250. The molecule has 1 aliphatic rings. The summed E-state index contributed by atoms with van der Waals surface area (Å²) in [5, 5.41) is 0. The summed E-state index contributed by atoms with van der Waals surface area (Å²) in [5.41, 5.74) is -4.38. The molecule has 138 valence electrons. The van der Waals surface area contributed by atoms with Gasteiger partial charge in [-0.15, -0.1) is 0 Å². The predicted molar refractivity (Wildman–Crippen MR) is 75.8 cm³/mol. The number of halogens is 6. The molecule has 0 spiro atoms. The third kappa shape index (κ3) is 2.65. The Morgan fingerprint density at radius 3 is 1.50 bits per heavy atom. The Labute approximate surface area is 142 Å². The lowest BCUT2D eigenvalue weighted by molar-refractivity contribution is -0.143. The molecule has 0 N–H and O–H groups in total. The monoisotopic (exact) mass is 377 g/mol. The van der Waals surface area contributed by atoms with Crippen molar-refractivity contribution in [2.75, 3.05) is 4.90 Å². The first-order chi connectivity index (χ1) is 11.8. The SMILES string of the molecule is Cc1oc(C)c2c1C(=O)N(c1cc(C(F)(F)F)cc(C(F)(F)F)c1)C2=O. The van der Waals surface area contributed by atoms with Crippen molar-refractivity contribution in [3.63, 3.8) is 0 Å². The highest BCUT2D eigenvalue weighted by atomic mass is 19.4. The van der Waals surface area contributed by atoms with Crippen LogP contribution in [0.2, 0.25) is 0 Å². The number of furan rings is 1. The molecule has 0 unspecified atom stereocenters. The molecule has 0 fully saturated rings. The van der Waals surface area contributed by atoms with E-state index in [1.807, 2.05) is 0 Å². The molecule has 2 amide bonds. The molecule has 0 atom stereocenters. The van der Waals surface area contributed by atoms with Crippen LogP contribution < -0.4 is 4.90 Å². The van der Waals surface area contributed by atoms with E-state index in [-0.39, 0.29) is 28.7 Å². The number of hydrogen-bond acceptors (Lipinski definition) is 3. The zero-order valence-corrected chi connectivity index (χ0v) is 13.2. The van der Waals surface area contributed by atoms with E-state index in [1.165, 1.54) is 13.8 Å². The second-order valence-corrected chi connectivity index (χ2v) is 5.67. The summed E-state index contributed by atoms with van der Waals surface area (Å²) in [6.07, 6.45) is -10.2. The van der Waals surface area contributed by atoms with E-state index in [2.05, 4.69) is 0 Å². The molecule has 2 heterocycles. The lowest BCUT2D eigenvalue weighted by Gasteiger charge is -2.19. The van der Waals surface area contributed by atoms with Crippen molar-refractivity contribution >= 4 is 17.5 Å². The standard InChI is InChI=1S/C16H9F6NO3/c1-6-11-12(7(2)26-6)14(25)23(13(11)24)10-4-8(15(17,18)19)3-9(5-10)16(20,21)22/h3-5H,1-2H3. The molecule has 2 aromatic rings. The van der Waals surface area contributed by atoms with Crippen molar-refractivity contribution in [2.45, 2.75) is 26.2 Å². The lowest BCUT2D eigenvalue weighted by Crippen LogP contribution is -2.30. The molecule has 3 rings (SSSR count). The number of imide groups is 1. The number of alkyl halides is 6. The Morgan fingerprint density at radius 1 is 0.769 bits per heavy atom. The van der Waals surface area contributed by atoms with E-state index in [0.717, 1.165) is 0 Å². The number of carbonyl (C=O) groups is 2. The van der Waals surface area contributed by atoms with E-state index in [9.17, 15) is 35.9 Å². The lowest BCUT2D eigenvalue weighted by atomic mass is 10.1. The number of amides is 2. The van der Waals surface area contributed by atoms with Crippen LogP contribution in [0.25, 0.3) is 0 Å². The predicted octanol–water partition coefficient (Wildman–Crippen LogP) is 4.73. The Bertz CT molecular complexity index is 870. The quantitative estimate of drug-likeness (QED) is 0.533. The van der Waals surface area contributed by atoms with E-state index in [1.54, 1.807) is 0 Å². The molecule has 26 heavy (non-hydrogen) atoms. The van der Waals surface area contributed by atoms with Gasteiger partial charge in [0.1, 0.15) is 11.5 Å². The highest BCUT2D eigenvalue weighted by molar-refractivity contribution is 6.35. The minimum atomic E-state index is -5.09. The number of carbonyl (C=O) groups excluding carboxylic acids is 2. The van der Waals surface area contributed by atoms with Crippen LogP contribution in [-0.4, -0.2) is 11.8 Å². The number of fused-ring (bicyclic) bond motifs is 1. The van der Waals surface area contributed by atoms with Gasteiger partial charge in [-0.2, -0.15) is 26.3 Å². The van der Waals surface area contributed by atoms with Crippen LogP contribution in [0.4, 0.5) is 32.0 Å². The zero-order valence-electron chi connectivity index (χ0n) is 13.2. The summed E-state index contributed by atoms with van der Waals surface area (Å²) in [5.74, 6) is -1.96. The highest BCUT2D eigenvalue weighted by Gasteiger charge is 2.44. The van der Waals surface area contributed by atoms with Gasteiger partial charge in [0.2, 0.25) is 0 Å². The minimum absolute atomic E-state index is 0.0568. The van der Waals surface area contributed by atoms with Gasteiger partial charge in [-0.3, -0.25) is 9.59 Å². The van der Waals surface area contributed by atoms with Gasteiger partial charge in [0.05, 0.1) is 27.9 Å². The van der Waals surface area contributed by atoms with Crippen LogP contribution in [-0.2, 0) is 12.4 Å². The van der Waals surface area contributed by atoms with Crippen LogP contribution in [0.15, 0.2) is 22.6 Å². The Hall–Kier alpha value is -2.78. The van der Waals surface area contributed by atoms with Gasteiger partial charge < -0.3 is 4.42 Å². The molecule has 0 saturated carbocycles. The fourth-order valence-corrected chi connectivity index (χ4v) is 2.82. The van der Waals surface area contributed by atoms with Crippen LogP contribution in [0.5, 0.6) is 0 Å². The largest absolute Gasteiger partial charge is 0.465 e. The number of nitrogens with zero attached hydrogens (tertiary/aromatic N) is 1. The molecule has 1 aromatic heterocycles. The summed E-state index contributed by atoms with van der Waals surface area (Å²) in [4.78, 5) is 25.2. The molecule has 0 aliphatic carbocycles. The molecular formula is C16H9F6NO3. The maximum absolute atomic E-state index is 13.0. The fourth-order valence-electron chi connectivity index (χ4n) is 2.82. The maximum Gasteiger partial charge on any atom is 0.416 e. The molecule has 1 aromatic carbocycles. The molecule has 4 nitrogen and oxygen atoms in total. The first kappa shape index (κ1) is 18.0. The molecule has 10 heteroatoms. The van der Waals surface area contributed by atoms with E-state index >= 15 is 0 Å². The van der Waals surface area contributed by atoms with Gasteiger partial charge in [-0.05, 0) is 32.0 Å². The minimum Gasteiger partial charge on any atom is -0.465 e. The van der Waals surface area contributed by atoms with Gasteiger partial charge in [0.25, 0.3) is 11.8 Å². The van der Waals surface area contributed by atoms with E-state index in [4.69, 9.17) is 4.42 Å². The van der Waals surface area contributed by atoms with Crippen LogP contribution >= 0.6 is 0 Å². The summed E-state index contributed by atoms with van der Waals surface area (Å²) in [7, 11) is 0. The van der Waals surface area contributed by atoms with Crippen LogP contribution in [0.3, 0.4) is 0 Å². The van der Waals surface area contributed by atoms with E-state index in [0.29, 0.717) is 17.0 Å². The summed E-state index contributed by atoms with van der Waals surface area (Å²) < 4.78 is 83.0. The highest BCUT2D eigenvalue weighted by Crippen LogP contribution is 2.41. The first-order valence-corrected chi connectivity index (χ1v) is 7.10. The number of anilines is 1. The zero-order chi connectivity index (χ0) is 19.6. The molecule has 1 aliphatic heterocycles. The Morgan fingerprint density at radius 2 is 1.15 bits per heavy atom. The second-order valence-electron chi connectivity index (χ2n) is 5.67. The number of hydrogen-bond donors (Lipinski definition) is 0. The molecular weight excluding hydrogens is 368 g/mol. The maximum atomic E-state index is 13.0. The normalized spacial score (nSPS) is 15.0. The van der Waals surface area contributed by atoms with Crippen molar-refractivity contribution in [2.24, 2.45) is 0 Å². The van der Waals surface area contributed by atoms with Gasteiger partial charge in [-0.25, -0.2) is 4.90 Å². The molecule has 0 bridgehead atoms. The average molecular weight is 377 g/mol. The molecule has 0 radical (unpaired) electrons. The number of benzene rings is 1. The summed E-state index contributed by atoms with van der Waals surface area (Å²) in [6.45, 7) is 2.74. The molecule has 0 saturated heterocycles. The van der Waals surface area contributed by atoms with Gasteiger partial charge >= 0.3 is 12.4 Å². The third-order valence-corrected chi connectivity index (χ3v) is 3.92. The van der Waals surface area contributed by atoms with Gasteiger partial charge in [-0.1, -0.05) is 0 Å². The second kappa shape index (κ2) is 5.36. The Balaban J connectivity index is 2.20. The van der Waals surface area contributed by atoms with Crippen molar-refractivity contribution < 1.29 is 40.3 Å².